The van der Waals surface area contributed by atoms with E-state index >= 15 is 0 Å². The monoisotopic (exact) mass is 343 g/mol. The van der Waals surface area contributed by atoms with E-state index in [1.807, 2.05) is 6.92 Å². The van der Waals surface area contributed by atoms with Gasteiger partial charge in [0.1, 0.15) is 11.5 Å². The Kier molecular flexibility index (Phi) is 5.02. The van der Waals surface area contributed by atoms with Crippen molar-refractivity contribution in [1.82, 2.24) is 4.98 Å². The summed E-state index contributed by atoms with van der Waals surface area (Å²) < 4.78 is 18.3. The number of carbonyl (C=O) groups excluding carboxylic acids is 2. The molecule has 1 aliphatic rings. The minimum atomic E-state index is -0.411. The number of hydrogen-bond acceptors (Lipinski definition) is 3. The highest BCUT2D eigenvalue weighted by Crippen LogP contribution is 2.36. The van der Waals surface area contributed by atoms with Gasteiger partial charge in [-0.15, -0.1) is 0 Å². The van der Waals surface area contributed by atoms with Crippen molar-refractivity contribution in [1.29, 1.82) is 0 Å². The van der Waals surface area contributed by atoms with Gasteiger partial charge in [-0.3, -0.25) is 4.79 Å². The topological polar surface area (TPSA) is 59.2 Å². The van der Waals surface area contributed by atoms with E-state index in [2.05, 4.69) is 4.98 Å². The van der Waals surface area contributed by atoms with E-state index < -0.39 is 5.97 Å². The zero-order valence-electron chi connectivity index (χ0n) is 14.5. The molecule has 0 saturated heterocycles. The molecule has 132 valence electrons. The van der Waals surface area contributed by atoms with E-state index in [0.717, 1.165) is 23.2 Å². The number of rotatable bonds is 5. The van der Waals surface area contributed by atoms with E-state index in [4.69, 9.17) is 4.74 Å². The van der Waals surface area contributed by atoms with E-state index in [1.165, 1.54) is 12.1 Å². The van der Waals surface area contributed by atoms with Gasteiger partial charge in [-0.1, -0.05) is 25.5 Å². The summed E-state index contributed by atoms with van der Waals surface area (Å²) in [6.45, 7) is 4.07. The maximum atomic E-state index is 13.1. The summed E-state index contributed by atoms with van der Waals surface area (Å²) in [7, 11) is 0. The number of benzene rings is 1. The number of ether oxygens (including phenoxy) is 1. The third-order valence-electron chi connectivity index (χ3n) is 4.66. The Morgan fingerprint density at radius 2 is 1.96 bits per heavy atom. The van der Waals surface area contributed by atoms with Crippen LogP contribution in [0.3, 0.4) is 0 Å². The Balaban J connectivity index is 1.98. The van der Waals surface area contributed by atoms with Gasteiger partial charge in [-0.05, 0) is 48.9 Å². The van der Waals surface area contributed by atoms with Crippen LogP contribution < -0.4 is 0 Å². The number of aromatic nitrogens is 1. The average Bonchev–Trinajstić information content (AvgIpc) is 2.95. The quantitative estimate of drug-likeness (QED) is 0.828. The molecule has 1 atom stereocenters. The summed E-state index contributed by atoms with van der Waals surface area (Å²) in [6.07, 6.45) is 2.50. The normalized spacial score (nSPS) is 16.6. The number of ketones is 1. The molecular weight excluding hydrogens is 321 g/mol. The molecule has 1 aromatic carbocycles. The second-order valence-corrected chi connectivity index (χ2v) is 6.38. The van der Waals surface area contributed by atoms with E-state index in [9.17, 15) is 14.0 Å². The van der Waals surface area contributed by atoms with Crippen LogP contribution in [0.1, 0.15) is 70.3 Å². The molecule has 0 unspecified atom stereocenters. The number of aromatic amines is 1. The van der Waals surface area contributed by atoms with Crippen LogP contribution >= 0.6 is 0 Å². The lowest BCUT2D eigenvalue weighted by atomic mass is 9.81. The lowest BCUT2D eigenvalue weighted by Crippen LogP contribution is -2.19. The molecule has 0 bridgehead atoms. The molecule has 0 radical (unpaired) electrons. The van der Waals surface area contributed by atoms with Gasteiger partial charge >= 0.3 is 5.97 Å². The number of hydrogen-bond donors (Lipinski definition) is 1. The number of H-pyrrole nitrogens is 1. The standard InChI is InChI=1S/C20H22FNO3/c1-3-5-15-18-16(22-19(15)20(24)25-4-2)10-13(11-17(18)23)12-6-8-14(21)9-7-12/h6-9,13,22H,3-5,10-11H2,1-2H3/t13-/m1/s1. The third-order valence-corrected chi connectivity index (χ3v) is 4.66. The second kappa shape index (κ2) is 7.21. The predicted molar refractivity (Wildman–Crippen MR) is 92.5 cm³/mol. The molecule has 1 heterocycles. The molecule has 0 spiro atoms. The minimum absolute atomic E-state index is 0.0104. The van der Waals surface area contributed by atoms with E-state index in [0.29, 0.717) is 37.1 Å². The van der Waals surface area contributed by atoms with Crippen molar-refractivity contribution in [3.8, 4) is 0 Å². The Bertz CT molecular complexity index is 792. The lowest BCUT2D eigenvalue weighted by molar-refractivity contribution is 0.0518. The Morgan fingerprint density at radius 3 is 2.60 bits per heavy atom. The van der Waals surface area contributed by atoms with Crippen LogP contribution in [0.15, 0.2) is 24.3 Å². The molecule has 0 saturated carbocycles. The number of Topliss-reactive ketones (excluding diaryl/α,β-unsaturated/α-hetero) is 1. The van der Waals surface area contributed by atoms with Crippen molar-refractivity contribution in [2.24, 2.45) is 0 Å². The lowest BCUT2D eigenvalue weighted by Gasteiger charge is -2.22. The summed E-state index contributed by atoms with van der Waals surface area (Å²) in [4.78, 5) is 28.2. The highest BCUT2D eigenvalue weighted by Gasteiger charge is 2.33. The number of halogens is 1. The SMILES string of the molecule is CCCc1c(C(=O)OCC)[nH]c2c1C(=O)C[C@H](c1ccc(F)cc1)C2. The molecular formula is C20H22FNO3. The molecule has 1 aromatic heterocycles. The highest BCUT2D eigenvalue weighted by atomic mass is 19.1. The molecule has 0 fully saturated rings. The van der Waals surface area contributed by atoms with Gasteiger partial charge in [0.15, 0.2) is 5.78 Å². The molecule has 25 heavy (non-hydrogen) atoms. The zero-order chi connectivity index (χ0) is 18.0. The van der Waals surface area contributed by atoms with Gasteiger partial charge in [-0.25, -0.2) is 9.18 Å². The first-order chi connectivity index (χ1) is 12.0. The van der Waals surface area contributed by atoms with Crippen molar-refractivity contribution in [2.75, 3.05) is 6.61 Å². The van der Waals surface area contributed by atoms with Crippen LogP contribution in [-0.2, 0) is 17.6 Å². The fraction of sp³-hybridized carbons (Fsp3) is 0.400. The molecule has 1 N–H and O–H groups in total. The molecule has 4 nitrogen and oxygen atoms in total. The first-order valence-corrected chi connectivity index (χ1v) is 8.74. The number of esters is 1. The molecule has 0 aliphatic heterocycles. The Morgan fingerprint density at radius 1 is 1.24 bits per heavy atom. The molecule has 1 aliphatic carbocycles. The fourth-order valence-electron chi connectivity index (χ4n) is 3.58. The largest absolute Gasteiger partial charge is 0.461 e. The van der Waals surface area contributed by atoms with Crippen LogP contribution in [-0.4, -0.2) is 23.3 Å². The van der Waals surface area contributed by atoms with Gasteiger partial charge < -0.3 is 9.72 Å². The first kappa shape index (κ1) is 17.4. The molecule has 0 amide bonds. The van der Waals surface area contributed by atoms with Crippen molar-refractivity contribution in [3.05, 3.63) is 58.2 Å². The zero-order valence-corrected chi connectivity index (χ0v) is 14.5. The number of carbonyl (C=O) groups is 2. The van der Waals surface area contributed by atoms with Crippen molar-refractivity contribution >= 4 is 11.8 Å². The van der Waals surface area contributed by atoms with E-state index in [-0.39, 0.29) is 17.5 Å². The summed E-state index contributed by atoms with van der Waals surface area (Å²) in [5.74, 6) is -0.678. The van der Waals surface area contributed by atoms with Crippen molar-refractivity contribution < 1.29 is 18.7 Å². The van der Waals surface area contributed by atoms with Crippen LogP contribution in [0, 0.1) is 5.82 Å². The maximum absolute atomic E-state index is 13.1. The van der Waals surface area contributed by atoms with Crippen LogP contribution in [0.4, 0.5) is 4.39 Å². The number of fused-ring (bicyclic) bond motifs is 1. The van der Waals surface area contributed by atoms with Crippen LogP contribution in [0.2, 0.25) is 0 Å². The summed E-state index contributed by atoms with van der Waals surface area (Å²) in [6, 6.07) is 6.27. The molecule has 3 rings (SSSR count). The van der Waals surface area contributed by atoms with Crippen molar-refractivity contribution in [3.63, 3.8) is 0 Å². The van der Waals surface area contributed by atoms with Crippen LogP contribution in [0.25, 0.3) is 0 Å². The van der Waals surface area contributed by atoms with Gasteiger partial charge in [0.2, 0.25) is 0 Å². The minimum Gasteiger partial charge on any atom is -0.461 e. The summed E-state index contributed by atoms with van der Waals surface area (Å²) >= 11 is 0. The Labute approximate surface area is 146 Å². The number of nitrogens with one attached hydrogen (secondary N) is 1. The molecule has 5 heteroatoms. The second-order valence-electron chi connectivity index (χ2n) is 6.38. The van der Waals surface area contributed by atoms with Gasteiger partial charge in [0, 0.05) is 17.7 Å². The summed E-state index contributed by atoms with van der Waals surface area (Å²) in [5, 5.41) is 0. The smallest absolute Gasteiger partial charge is 0.355 e. The average molecular weight is 343 g/mol. The van der Waals surface area contributed by atoms with Gasteiger partial charge in [0.05, 0.1) is 6.61 Å². The van der Waals surface area contributed by atoms with Crippen molar-refractivity contribution in [2.45, 2.75) is 45.4 Å². The van der Waals surface area contributed by atoms with Gasteiger partial charge in [-0.2, -0.15) is 0 Å². The molecule has 2 aromatic rings. The predicted octanol–water partition coefficient (Wildman–Crippen LogP) is 4.20. The maximum Gasteiger partial charge on any atom is 0.355 e. The van der Waals surface area contributed by atoms with E-state index in [1.54, 1.807) is 19.1 Å². The fourth-order valence-corrected chi connectivity index (χ4v) is 3.58. The highest BCUT2D eigenvalue weighted by molar-refractivity contribution is 6.03. The first-order valence-electron chi connectivity index (χ1n) is 8.74. The van der Waals surface area contributed by atoms with Crippen LogP contribution in [0.5, 0.6) is 0 Å². The van der Waals surface area contributed by atoms with Gasteiger partial charge in [0.25, 0.3) is 0 Å². The Hall–Kier alpha value is -2.43. The third kappa shape index (κ3) is 3.36. The summed E-state index contributed by atoms with van der Waals surface area (Å²) in [5.41, 5.74) is 3.56.